The maximum absolute atomic E-state index is 13.0. The van der Waals surface area contributed by atoms with Crippen molar-refractivity contribution >= 4 is 17.6 Å². The molecule has 1 N–H and O–H groups in total. The molecule has 0 unspecified atom stereocenters. The Morgan fingerprint density at radius 1 is 0.889 bits per heavy atom. The molecule has 0 spiro atoms. The second-order valence-corrected chi connectivity index (χ2v) is 8.94. The number of pyridine rings is 3. The summed E-state index contributed by atoms with van der Waals surface area (Å²) in [4.78, 5) is 40.7. The highest BCUT2D eigenvalue weighted by Gasteiger charge is 2.24. The van der Waals surface area contributed by atoms with Crippen LogP contribution < -0.4 is 5.32 Å². The monoisotopic (exact) mass is 480 g/mol. The molecule has 2 aliphatic rings. The van der Waals surface area contributed by atoms with Crippen LogP contribution in [0.15, 0.2) is 54.9 Å². The Morgan fingerprint density at radius 3 is 2.72 bits per heavy atom. The third-order valence-corrected chi connectivity index (χ3v) is 6.58. The molecule has 6 heterocycles. The fraction of sp³-hybridized carbons (Fsp3) is 0.269. The maximum atomic E-state index is 13.0. The molecule has 10 heteroatoms. The molecule has 180 valence electrons. The number of nitrogens with one attached hydrogen (secondary N) is 1. The number of rotatable bonds is 4. The number of anilines is 1. The molecular formula is C26H24N8O2. The lowest BCUT2D eigenvalue weighted by Crippen LogP contribution is -2.36. The number of amides is 2. The standard InChI is InChI=1S/C26H24N8O2/c35-25(30-22-8-5-7-19(29-22)24-32-31-23-9-2-4-12-34(23)24)21-14-18-16-33(13-10-17(18)15-28-21)26(36)20-6-1-3-11-27-20/h1,3,5-8,11,14-15H,2,4,9-10,12-13,16H2,(H,29,30,35). The van der Waals surface area contributed by atoms with Gasteiger partial charge in [0.2, 0.25) is 0 Å². The van der Waals surface area contributed by atoms with Gasteiger partial charge in [-0.05, 0) is 60.7 Å². The van der Waals surface area contributed by atoms with Gasteiger partial charge in [0.1, 0.15) is 28.7 Å². The average Bonchev–Trinajstić information content (AvgIpc) is 3.37. The first kappa shape index (κ1) is 22.0. The molecule has 0 fully saturated rings. The van der Waals surface area contributed by atoms with Crippen molar-refractivity contribution in [2.24, 2.45) is 0 Å². The van der Waals surface area contributed by atoms with Crippen LogP contribution in [0, 0.1) is 0 Å². The number of carbonyl (C=O) groups is 2. The Hall–Kier alpha value is -4.47. The molecule has 2 amide bonds. The summed E-state index contributed by atoms with van der Waals surface area (Å²) >= 11 is 0. The van der Waals surface area contributed by atoms with Gasteiger partial charge >= 0.3 is 0 Å². The molecule has 0 atom stereocenters. The lowest BCUT2D eigenvalue weighted by molar-refractivity contribution is 0.0728. The van der Waals surface area contributed by atoms with E-state index in [0.717, 1.165) is 42.8 Å². The predicted octanol–water partition coefficient (Wildman–Crippen LogP) is 2.92. The van der Waals surface area contributed by atoms with Crippen LogP contribution in [0.3, 0.4) is 0 Å². The minimum absolute atomic E-state index is 0.124. The van der Waals surface area contributed by atoms with Crippen molar-refractivity contribution in [1.29, 1.82) is 0 Å². The molecule has 0 aliphatic carbocycles. The third-order valence-electron chi connectivity index (χ3n) is 6.58. The van der Waals surface area contributed by atoms with Crippen molar-refractivity contribution in [2.45, 2.75) is 38.8 Å². The van der Waals surface area contributed by atoms with E-state index < -0.39 is 0 Å². The number of aryl methyl sites for hydroxylation is 1. The van der Waals surface area contributed by atoms with Crippen molar-refractivity contribution < 1.29 is 9.59 Å². The van der Waals surface area contributed by atoms with Gasteiger partial charge in [0, 0.05) is 38.4 Å². The van der Waals surface area contributed by atoms with Gasteiger partial charge in [-0.3, -0.25) is 19.6 Å². The second kappa shape index (κ2) is 9.29. The average molecular weight is 481 g/mol. The highest BCUT2D eigenvalue weighted by molar-refractivity contribution is 6.02. The summed E-state index contributed by atoms with van der Waals surface area (Å²) in [5.74, 6) is 1.61. The lowest BCUT2D eigenvalue weighted by Gasteiger charge is -2.28. The normalized spacial score (nSPS) is 14.6. The zero-order chi connectivity index (χ0) is 24.5. The highest BCUT2D eigenvalue weighted by atomic mass is 16.2. The third kappa shape index (κ3) is 4.21. The highest BCUT2D eigenvalue weighted by Crippen LogP contribution is 2.24. The first-order chi connectivity index (χ1) is 17.7. The van der Waals surface area contributed by atoms with Crippen molar-refractivity contribution in [2.75, 3.05) is 11.9 Å². The Bertz CT molecular complexity index is 1450. The van der Waals surface area contributed by atoms with Gasteiger partial charge in [0.15, 0.2) is 5.82 Å². The van der Waals surface area contributed by atoms with Gasteiger partial charge in [-0.2, -0.15) is 0 Å². The van der Waals surface area contributed by atoms with Gasteiger partial charge in [0.25, 0.3) is 11.8 Å². The Balaban J connectivity index is 1.19. The predicted molar refractivity (Wildman–Crippen MR) is 131 cm³/mol. The molecule has 10 nitrogen and oxygen atoms in total. The van der Waals surface area contributed by atoms with Gasteiger partial charge in [0.05, 0.1) is 0 Å². The number of nitrogens with zero attached hydrogens (tertiary/aromatic N) is 7. The summed E-state index contributed by atoms with van der Waals surface area (Å²) in [7, 11) is 0. The van der Waals surface area contributed by atoms with Crippen LogP contribution in [0.5, 0.6) is 0 Å². The SMILES string of the molecule is O=C(Nc1cccc(-c2nnc3n2CCCC3)n1)c1cc2c(cn1)CCN(C(=O)c1ccccn1)C2. The van der Waals surface area contributed by atoms with Crippen LogP contribution in [-0.4, -0.2) is 53.0 Å². The molecule has 4 aromatic heterocycles. The molecule has 2 aliphatic heterocycles. The quantitative estimate of drug-likeness (QED) is 0.477. The van der Waals surface area contributed by atoms with E-state index in [1.807, 2.05) is 12.1 Å². The number of carbonyl (C=O) groups excluding carboxylic acids is 2. The molecule has 0 saturated carbocycles. The molecule has 0 aromatic carbocycles. The Labute approximate surface area is 207 Å². The summed E-state index contributed by atoms with van der Waals surface area (Å²) in [5, 5.41) is 11.5. The minimum Gasteiger partial charge on any atom is -0.333 e. The summed E-state index contributed by atoms with van der Waals surface area (Å²) in [6, 6.07) is 12.5. The number of fused-ring (bicyclic) bond motifs is 2. The maximum Gasteiger partial charge on any atom is 0.275 e. The van der Waals surface area contributed by atoms with Crippen molar-refractivity contribution in [3.05, 3.63) is 83.2 Å². The van der Waals surface area contributed by atoms with Crippen LogP contribution in [0.1, 0.15) is 50.8 Å². The fourth-order valence-corrected chi connectivity index (χ4v) is 4.69. The van der Waals surface area contributed by atoms with E-state index in [2.05, 4.69) is 35.0 Å². The summed E-state index contributed by atoms with van der Waals surface area (Å²) in [6.45, 7) is 1.85. The topological polar surface area (TPSA) is 119 Å². The van der Waals surface area contributed by atoms with Crippen LogP contribution in [0.4, 0.5) is 5.82 Å². The first-order valence-electron chi connectivity index (χ1n) is 12.0. The lowest BCUT2D eigenvalue weighted by atomic mass is 10.0. The molecule has 6 rings (SSSR count). The van der Waals surface area contributed by atoms with E-state index >= 15 is 0 Å². The zero-order valence-corrected chi connectivity index (χ0v) is 19.6. The Morgan fingerprint density at radius 2 is 1.83 bits per heavy atom. The minimum atomic E-state index is -0.362. The number of hydrogen-bond donors (Lipinski definition) is 1. The molecule has 0 bridgehead atoms. The molecule has 0 saturated heterocycles. The van der Waals surface area contributed by atoms with Gasteiger partial charge in [-0.15, -0.1) is 10.2 Å². The fourth-order valence-electron chi connectivity index (χ4n) is 4.69. The first-order valence-corrected chi connectivity index (χ1v) is 12.0. The van der Waals surface area contributed by atoms with E-state index in [9.17, 15) is 9.59 Å². The molecule has 4 aromatic rings. The van der Waals surface area contributed by atoms with Gasteiger partial charge < -0.3 is 14.8 Å². The van der Waals surface area contributed by atoms with Crippen molar-refractivity contribution in [3.63, 3.8) is 0 Å². The summed E-state index contributed by atoms with van der Waals surface area (Å²) < 4.78 is 2.10. The van der Waals surface area contributed by atoms with Crippen molar-refractivity contribution in [1.82, 2.24) is 34.6 Å². The summed E-state index contributed by atoms with van der Waals surface area (Å²) in [6.07, 6.45) is 7.12. The summed E-state index contributed by atoms with van der Waals surface area (Å²) in [5.41, 5.74) is 3.28. The second-order valence-electron chi connectivity index (χ2n) is 8.94. The Kier molecular flexibility index (Phi) is 5.68. The van der Waals surface area contributed by atoms with Crippen LogP contribution >= 0.6 is 0 Å². The number of aromatic nitrogens is 6. The van der Waals surface area contributed by atoms with Crippen LogP contribution in [0.25, 0.3) is 11.5 Å². The van der Waals surface area contributed by atoms with Gasteiger partial charge in [-0.25, -0.2) is 4.98 Å². The van der Waals surface area contributed by atoms with E-state index in [-0.39, 0.29) is 17.5 Å². The molecule has 0 radical (unpaired) electrons. The largest absolute Gasteiger partial charge is 0.333 e. The number of hydrogen-bond acceptors (Lipinski definition) is 7. The van der Waals surface area contributed by atoms with Crippen LogP contribution in [-0.2, 0) is 25.9 Å². The zero-order valence-electron chi connectivity index (χ0n) is 19.6. The van der Waals surface area contributed by atoms with Crippen molar-refractivity contribution in [3.8, 4) is 11.5 Å². The van der Waals surface area contributed by atoms with Gasteiger partial charge in [-0.1, -0.05) is 12.1 Å². The molecule has 36 heavy (non-hydrogen) atoms. The molecular weight excluding hydrogens is 456 g/mol. The van der Waals surface area contributed by atoms with E-state index in [4.69, 9.17) is 0 Å². The van der Waals surface area contributed by atoms with Crippen LogP contribution in [0.2, 0.25) is 0 Å². The van der Waals surface area contributed by atoms with E-state index in [0.29, 0.717) is 42.5 Å². The smallest absolute Gasteiger partial charge is 0.275 e. The van der Waals surface area contributed by atoms with E-state index in [1.165, 1.54) is 0 Å². The van der Waals surface area contributed by atoms with E-state index in [1.54, 1.807) is 47.6 Å².